The lowest BCUT2D eigenvalue weighted by Gasteiger charge is -2.37. The van der Waals surface area contributed by atoms with Crippen molar-refractivity contribution in [2.24, 2.45) is 11.1 Å². The predicted octanol–water partition coefficient (Wildman–Crippen LogP) is 0.327. The zero-order chi connectivity index (χ0) is 14.0. The number of nitrogens with two attached hydrogens (primary N) is 1. The topological polar surface area (TPSA) is 66.6 Å². The van der Waals surface area contributed by atoms with E-state index in [4.69, 9.17) is 5.73 Å². The molecule has 1 aliphatic rings. The maximum atomic E-state index is 12.2. The van der Waals surface area contributed by atoms with Crippen molar-refractivity contribution in [1.82, 2.24) is 9.21 Å². The summed E-state index contributed by atoms with van der Waals surface area (Å²) < 4.78 is 26.1. The molecule has 0 aromatic heterocycles. The summed E-state index contributed by atoms with van der Waals surface area (Å²) in [6.45, 7) is 11.3. The van der Waals surface area contributed by atoms with Gasteiger partial charge in [0.05, 0.1) is 5.75 Å². The molecule has 1 atom stereocenters. The third-order valence-corrected chi connectivity index (χ3v) is 5.63. The van der Waals surface area contributed by atoms with E-state index in [1.54, 1.807) is 4.31 Å². The molecule has 0 bridgehead atoms. The molecule has 0 saturated carbocycles. The van der Waals surface area contributed by atoms with Crippen molar-refractivity contribution in [3.8, 4) is 0 Å². The van der Waals surface area contributed by atoms with Crippen molar-refractivity contribution in [3.63, 3.8) is 0 Å². The van der Waals surface area contributed by atoms with Crippen LogP contribution in [-0.4, -0.2) is 62.1 Å². The zero-order valence-corrected chi connectivity index (χ0v) is 12.8. The molecule has 0 aromatic rings. The molecule has 1 rings (SSSR count). The second kappa shape index (κ2) is 5.86. The molecule has 1 fully saturated rings. The minimum Gasteiger partial charge on any atom is -0.329 e. The van der Waals surface area contributed by atoms with Crippen molar-refractivity contribution in [3.05, 3.63) is 0 Å². The molecule has 1 heterocycles. The van der Waals surface area contributed by atoms with Crippen molar-refractivity contribution in [2.75, 3.05) is 38.5 Å². The van der Waals surface area contributed by atoms with E-state index in [1.165, 1.54) is 0 Å². The molecular formula is C12H27N3O2S. The number of sulfonamides is 1. The quantitative estimate of drug-likeness (QED) is 0.804. The standard InChI is InChI=1S/C12H27N3O2S/c1-11(9-13)14-5-7-15(8-6-14)18(16,17)10-12(2,3)4/h11H,5-10,13H2,1-4H3. The Labute approximate surface area is 111 Å². The largest absolute Gasteiger partial charge is 0.329 e. The fourth-order valence-corrected chi connectivity index (χ4v) is 4.21. The monoisotopic (exact) mass is 277 g/mol. The van der Waals surface area contributed by atoms with Gasteiger partial charge in [-0.2, -0.15) is 4.31 Å². The molecule has 0 aromatic carbocycles. The first-order chi connectivity index (χ1) is 8.15. The molecule has 1 unspecified atom stereocenters. The van der Waals surface area contributed by atoms with Gasteiger partial charge >= 0.3 is 0 Å². The van der Waals surface area contributed by atoms with Crippen LogP contribution >= 0.6 is 0 Å². The lowest BCUT2D eigenvalue weighted by atomic mass is 10.0. The maximum Gasteiger partial charge on any atom is 0.214 e. The van der Waals surface area contributed by atoms with Gasteiger partial charge in [-0.05, 0) is 12.3 Å². The van der Waals surface area contributed by atoms with Crippen LogP contribution in [0.15, 0.2) is 0 Å². The number of nitrogens with zero attached hydrogens (tertiary/aromatic N) is 2. The molecule has 18 heavy (non-hydrogen) atoms. The van der Waals surface area contributed by atoms with Gasteiger partial charge in [0.2, 0.25) is 10.0 Å². The molecule has 2 N–H and O–H groups in total. The van der Waals surface area contributed by atoms with Crippen LogP contribution in [0, 0.1) is 5.41 Å². The second-order valence-corrected chi connectivity index (χ2v) is 8.31. The molecule has 108 valence electrons. The summed E-state index contributed by atoms with van der Waals surface area (Å²) in [4.78, 5) is 2.25. The number of piperazine rings is 1. The molecule has 0 aliphatic carbocycles. The van der Waals surface area contributed by atoms with Gasteiger partial charge in [0.25, 0.3) is 0 Å². The average molecular weight is 277 g/mol. The van der Waals surface area contributed by atoms with Crippen molar-refractivity contribution < 1.29 is 8.42 Å². The Morgan fingerprint density at radius 3 is 2.06 bits per heavy atom. The van der Waals surface area contributed by atoms with Crippen LogP contribution in [0.1, 0.15) is 27.7 Å². The normalized spacial score (nSPS) is 22.1. The van der Waals surface area contributed by atoms with Crippen LogP contribution < -0.4 is 5.73 Å². The van der Waals surface area contributed by atoms with Gasteiger partial charge in [-0.15, -0.1) is 0 Å². The fraction of sp³-hybridized carbons (Fsp3) is 1.00. The van der Waals surface area contributed by atoms with Gasteiger partial charge in [0, 0.05) is 38.8 Å². The molecule has 0 radical (unpaired) electrons. The molecule has 1 aliphatic heterocycles. The predicted molar refractivity (Wildman–Crippen MR) is 74.9 cm³/mol. The minimum atomic E-state index is -3.12. The smallest absolute Gasteiger partial charge is 0.214 e. The highest BCUT2D eigenvalue weighted by atomic mass is 32.2. The van der Waals surface area contributed by atoms with E-state index < -0.39 is 10.0 Å². The van der Waals surface area contributed by atoms with E-state index in [2.05, 4.69) is 11.8 Å². The summed E-state index contributed by atoms with van der Waals surface area (Å²) in [5.74, 6) is 0.215. The van der Waals surface area contributed by atoms with Crippen LogP contribution in [0.2, 0.25) is 0 Å². The van der Waals surface area contributed by atoms with E-state index in [-0.39, 0.29) is 11.2 Å². The van der Waals surface area contributed by atoms with Crippen LogP contribution in [-0.2, 0) is 10.0 Å². The molecule has 1 saturated heterocycles. The molecule has 0 spiro atoms. The Balaban J connectivity index is 2.57. The van der Waals surface area contributed by atoms with Crippen molar-refractivity contribution in [2.45, 2.75) is 33.7 Å². The number of hydrogen-bond acceptors (Lipinski definition) is 4. The first-order valence-corrected chi connectivity index (χ1v) is 8.18. The van der Waals surface area contributed by atoms with E-state index in [0.29, 0.717) is 25.7 Å². The second-order valence-electron chi connectivity index (χ2n) is 6.34. The third-order valence-electron chi connectivity index (χ3n) is 3.25. The lowest BCUT2D eigenvalue weighted by Crippen LogP contribution is -2.53. The highest BCUT2D eigenvalue weighted by Gasteiger charge is 2.31. The number of rotatable bonds is 4. The molecule has 0 amide bonds. The Bertz CT molecular complexity index is 354. The Morgan fingerprint density at radius 2 is 1.67 bits per heavy atom. The lowest BCUT2D eigenvalue weighted by molar-refractivity contribution is 0.148. The van der Waals surface area contributed by atoms with Gasteiger partial charge in [-0.3, -0.25) is 4.90 Å². The van der Waals surface area contributed by atoms with Crippen LogP contribution in [0.25, 0.3) is 0 Å². The van der Waals surface area contributed by atoms with Crippen LogP contribution in [0.4, 0.5) is 0 Å². The Hall–Kier alpha value is -0.170. The average Bonchev–Trinajstić information content (AvgIpc) is 2.25. The summed E-state index contributed by atoms with van der Waals surface area (Å²) in [5, 5.41) is 0. The molecular weight excluding hydrogens is 250 g/mol. The van der Waals surface area contributed by atoms with Gasteiger partial charge in [-0.25, -0.2) is 8.42 Å². The summed E-state index contributed by atoms with van der Waals surface area (Å²) in [5.41, 5.74) is 5.44. The first kappa shape index (κ1) is 15.9. The van der Waals surface area contributed by atoms with E-state index in [0.717, 1.165) is 13.1 Å². The van der Waals surface area contributed by atoms with Gasteiger partial charge < -0.3 is 5.73 Å². The third kappa shape index (κ3) is 4.50. The molecule has 5 nitrogen and oxygen atoms in total. The minimum absolute atomic E-state index is 0.194. The molecule has 6 heteroatoms. The zero-order valence-electron chi connectivity index (χ0n) is 12.0. The van der Waals surface area contributed by atoms with Crippen LogP contribution in [0.5, 0.6) is 0 Å². The van der Waals surface area contributed by atoms with Gasteiger partial charge in [-0.1, -0.05) is 20.8 Å². The fourth-order valence-electron chi connectivity index (χ4n) is 2.21. The summed E-state index contributed by atoms with van der Waals surface area (Å²) in [6, 6.07) is 0.331. The van der Waals surface area contributed by atoms with E-state index >= 15 is 0 Å². The number of hydrogen-bond donors (Lipinski definition) is 1. The van der Waals surface area contributed by atoms with Crippen molar-refractivity contribution >= 4 is 10.0 Å². The van der Waals surface area contributed by atoms with E-state index in [1.807, 2.05) is 20.8 Å². The summed E-state index contributed by atoms with van der Waals surface area (Å²) in [7, 11) is -3.12. The first-order valence-electron chi connectivity index (χ1n) is 6.58. The highest BCUT2D eigenvalue weighted by molar-refractivity contribution is 7.89. The summed E-state index contributed by atoms with van der Waals surface area (Å²) >= 11 is 0. The van der Waals surface area contributed by atoms with E-state index in [9.17, 15) is 8.42 Å². The Kier molecular flexibility index (Phi) is 5.17. The van der Waals surface area contributed by atoms with Gasteiger partial charge in [0.1, 0.15) is 0 Å². The van der Waals surface area contributed by atoms with Crippen molar-refractivity contribution in [1.29, 1.82) is 0 Å². The Morgan fingerprint density at radius 1 is 1.17 bits per heavy atom. The SMILES string of the molecule is CC(CN)N1CCN(S(=O)(=O)CC(C)(C)C)CC1. The van der Waals surface area contributed by atoms with Gasteiger partial charge in [0.15, 0.2) is 0 Å². The summed E-state index contributed by atoms with van der Waals surface area (Å²) in [6.07, 6.45) is 0. The highest BCUT2D eigenvalue weighted by Crippen LogP contribution is 2.20. The maximum absolute atomic E-state index is 12.2. The van der Waals surface area contributed by atoms with Crippen LogP contribution in [0.3, 0.4) is 0 Å².